The van der Waals surface area contributed by atoms with E-state index in [0.29, 0.717) is 17.5 Å². The fraction of sp³-hybridized carbons (Fsp3) is 0. The summed E-state index contributed by atoms with van der Waals surface area (Å²) in [5.41, 5.74) is 6.58. The minimum Gasteiger partial charge on any atom is -0.456 e. The Morgan fingerprint density at radius 1 is 0.356 bits per heavy atom. The molecular formula is C41H25N3O. The van der Waals surface area contributed by atoms with Crippen molar-refractivity contribution in [2.75, 3.05) is 0 Å². The number of furan rings is 1. The maximum Gasteiger partial charge on any atom is 0.164 e. The van der Waals surface area contributed by atoms with Crippen molar-refractivity contribution in [3.05, 3.63) is 152 Å². The predicted octanol–water partition coefficient (Wildman–Crippen LogP) is 10.7. The highest BCUT2D eigenvalue weighted by molar-refractivity contribution is 6.13. The summed E-state index contributed by atoms with van der Waals surface area (Å²) in [6.07, 6.45) is 0. The lowest BCUT2D eigenvalue weighted by atomic mass is 9.97. The Morgan fingerprint density at radius 3 is 1.53 bits per heavy atom. The van der Waals surface area contributed by atoms with E-state index in [1.165, 1.54) is 10.8 Å². The number of rotatable bonds is 4. The third-order valence-electron chi connectivity index (χ3n) is 8.47. The van der Waals surface area contributed by atoms with Gasteiger partial charge in [-0.2, -0.15) is 0 Å². The first-order chi connectivity index (χ1) is 22.3. The van der Waals surface area contributed by atoms with Crippen molar-refractivity contribution in [3.8, 4) is 45.3 Å². The molecule has 0 radical (unpaired) electrons. The molecule has 0 aliphatic rings. The Hall–Kier alpha value is -6.13. The van der Waals surface area contributed by atoms with E-state index in [9.17, 15) is 0 Å². The highest BCUT2D eigenvalue weighted by atomic mass is 16.3. The molecule has 0 saturated carbocycles. The summed E-state index contributed by atoms with van der Waals surface area (Å²) in [7, 11) is 0. The third kappa shape index (κ3) is 4.43. The van der Waals surface area contributed by atoms with Crippen molar-refractivity contribution < 1.29 is 4.42 Å². The molecule has 0 N–H and O–H groups in total. The zero-order valence-electron chi connectivity index (χ0n) is 24.2. The predicted molar refractivity (Wildman–Crippen MR) is 184 cm³/mol. The van der Waals surface area contributed by atoms with Crippen LogP contribution in [0.5, 0.6) is 0 Å². The van der Waals surface area contributed by atoms with E-state index in [-0.39, 0.29) is 0 Å². The van der Waals surface area contributed by atoms with E-state index in [1.807, 2.05) is 18.2 Å². The van der Waals surface area contributed by atoms with Gasteiger partial charge in [-0.25, -0.2) is 15.0 Å². The Bertz CT molecular complexity index is 2450. The van der Waals surface area contributed by atoms with Crippen LogP contribution < -0.4 is 0 Å². The summed E-state index contributed by atoms with van der Waals surface area (Å²) in [6, 6.07) is 52.3. The second kappa shape index (κ2) is 10.2. The van der Waals surface area contributed by atoms with Gasteiger partial charge in [-0.1, -0.05) is 121 Å². The number of benzene rings is 7. The first kappa shape index (κ1) is 25.4. The van der Waals surface area contributed by atoms with E-state index < -0.39 is 0 Å². The molecule has 0 bridgehead atoms. The Kier molecular flexibility index (Phi) is 5.78. The number of hydrogen-bond acceptors (Lipinski definition) is 4. The zero-order chi connectivity index (χ0) is 29.7. The van der Waals surface area contributed by atoms with Gasteiger partial charge >= 0.3 is 0 Å². The van der Waals surface area contributed by atoms with E-state index in [2.05, 4.69) is 133 Å². The van der Waals surface area contributed by atoms with Gasteiger partial charge in [0.25, 0.3) is 0 Å². The summed E-state index contributed by atoms with van der Waals surface area (Å²) in [5, 5.41) is 6.79. The highest BCUT2D eigenvalue weighted by Crippen LogP contribution is 2.40. The SMILES string of the molecule is c1ccc(-c2cc(-c3nc(-c4ccc5ccccc5c4)nc(-c4ccc5ccccc5c4)n3)cc3oc4ccccc4c23)cc1. The van der Waals surface area contributed by atoms with E-state index in [0.717, 1.165) is 60.5 Å². The largest absolute Gasteiger partial charge is 0.456 e. The summed E-state index contributed by atoms with van der Waals surface area (Å²) >= 11 is 0. The van der Waals surface area contributed by atoms with Crippen LogP contribution in [-0.2, 0) is 0 Å². The summed E-state index contributed by atoms with van der Waals surface area (Å²) in [6.45, 7) is 0. The van der Waals surface area contributed by atoms with Crippen molar-refractivity contribution in [2.45, 2.75) is 0 Å². The summed E-state index contributed by atoms with van der Waals surface area (Å²) in [5.74, 6) is 1.84. The summed E-state index contributed by atoms with van der Waals surface area (Å²) < 4.78 is 6.43. The molecule has 0 spiro atoms. The van der Waals surface area contributed by atoms with Crippen LogP contribution in [0.4, 0.5) is 0 Å². The molecule has 9 aromatic rings. The summed E-state index contributed by atoms with van der Waals surface area (Å²) in [4.78, 5) is 15.2. The van der Waals surface area contributed by atoms with Crippen LogP contribution in [-0.4, -0.2) is 15.0 Å². The van der Waals surface area contributed by atoms with Crippen molar-refractivity contribution >= 4 is 43.5 Å². The fourth-order valence-corrected chi connectivity index (χ4v) is 6.25. The second-order valence-electron chi connectivity index (χ2n) is 11.3. The molecule has 2 aromatic heterocycles. The van der Waals surface area contributed by atoms with E-state index in [1.54, 1.807) is 0 Å². The normalized spacial score (nSPS) is 11.6. The maximum atomic E-state index is 6.43. The third-order valence-corrected chi connectivity index (χ3v) is 8.47. The van der Waals surface area contributed by atoms with Crippen molar-refractivity contribution in [3.63, 3.8) is 0 Å². The number of fused-ring (bicyclic) bond motifs is 5. The van der Waals surface area contributed by atoms with Gasteiger partial charge < -0.3 is 4.42 Å². The number of aromatic nitrogens is 3. The molecule has 4 heteroatoms. The Balaban J connectivity index is 1.31. The topological polar surface area (TPSA) is 51.8 Å². The van der Waals surface area contributed by atoms with Crippen LogP contribution >= 0.6 is 0 Å². The van der Waals surface area contributed by atoms with Crippen LogP contribution in [0.25, 0.3) is 88.8 Å². The Morgan fingerprint density at radius 2 is 0.889 bits per heavy atom. The van der Waals surface area contributed by atoms with Crippen LogP contribution in [0.1, 0.15) is 0 Å². The first-order valence-electron chi connectivity index (χ1n) is 15.0. The standard InChI is InChI=1S/C41H25N3O/c1-2-12-28(13-3-1)35-24-33(25-37-38(35)34-16-8-9-17-36(34)45-37)41-43-39(31-20-18-26-10-4-6-14-29(26)22-31)42-40(44-41)32-21-19-27-11-5-7-15-30(27)23-32/h1-25H. The van der Waals surface area contributed by atoms with Gasteiger partial charge in [0, 0.05) is 27.5 Å². The minimum absolute atomic E-state index is 0.593. The molecule has 0 fully saturated rings. The zero-order valence-corrected chi connectivity index (χ0v) is 24.2. The average Bonchev–Trinajstić information content (AvgIpc) is 3.49. The van der Waals surface area contributed by atoms with Crippen LogP contribution in [0.15, 0.2) is 156 Å². The van der Waals surface area contributed by atoms with Crippen molar-refractivity contribution in [2.24, 2.45) is 0 Å². The Labute approximate surface area is 259 Å². The molecule has 0 atom stereocenters. The first-order valence-corrected chi connectivity index (χ1v) is 15.0. The van der Waals surface area contributed by atoms with E-state index >= 15 is 0 Å². The molecule has 4 nitrogen and oxygen atoms in total. The molecule has 0 unspecified atom stereocenters. The van der Waals surface area contributed by atoms with Gasteiger partial charge in [0.05, 0.1) is 0 Å². The molecular weight excluding hydrogens is 550 g/mol. The number of para-hydroxylation sites is 1. The van der Waals surface area contributed by atoms with Crippen molar-refractivity contribution in [1.29, 1.82) is 0 Å². The van der Waals surface area contributed by atoms with Gasteiger partial charge in [0.2, 0.25) is 0 Å². The monoisotopic (exact) mass is 575 g/mol. The van der Waals surface area contributed by atoms with E-state index in [4.69, 9.17) is 19.4 Å². The molecule has 0 amide bonds. The van der Waals surface area contributed by atoms with Gasteiger partial charge in [-0.3, -0.25) is 0 Å². The molecule has 0 aliphatic carbocycles. The lowest BCUT2D eigenvalue weighted by Crippen LogP contribution is -2.00. The quantitative estimate of drug-likeness (QED) is 0.209. The molecule has 210 valence electrons. The smallest absolute Gasteiger partial charge is 0.164 e. The number of hydrogen-bond donors (Lipinski definition) is 0. The molecule has 7 aromatic carbocycles. The van der Waals surface area contributed by atoms with Gasteiger partial charge in [-0.15, -0.1) is 0 Å². The van der Waals surface area contributed by atoms with Gasteiger partial charge in [0.1, 0.15) is 11.2 Å². The molecule has 0 aliphatic heterocycles. The lowest BCUT2D eigenvalue weighted by molar-refractivity contribution is 0.669. The van der Waals surface area contributed by atoms with Crippen LogP contribution in [0.2, 0.25) is 0 Å². The number of nitrogens with zero attached hydrogens (tertiary/aromatic N) is 3. The highest BCUT2D eigenvalue weighted by Gasteiger charge is 2.18. The maximum absolute atomic E-state index is 6.43. The molecule has 0 saturated heterocycles. The second-order valence-corrected chi connectivity index (χ2v) is 11.3. The molecule has 45 heavy (non-hydrogen) atoms. The van der Waals surface area contributed by atoms with Gasteiger partial charge in [-0.05, 0) is 63.0 Å². The minimum atomic E-state index is 0.593. The average molecular weight is 576 g/mol. The van der Waals surface area contributed by atoms with Crippen LogP contribution in [0.3, 0.4) is 0 Å². The molecule has 2 heterocycles. The lowest BCUT2D eigenvalue weighted by Gasteiger charge is -2.11. The van der Waals surface area contributed by atoms with Crippen molar-refractivity contribution in [1.82, 2.24) is 15.0 Å². The fourth-order valence-electron chi connectivity index (χ4n) is 6.25. The molecule has 9 rings (SSSR count). The van der Waals surface area contributed by atoms with Gasteiger partial charge in [0.15, 0.2) is 17.5 Å². The van der Waals surface area contributed by atoms with Crippen LogP contribution in [0, 0.1) is 0 Å².